The van der Waals surface area contributed by atoms with Crippen LogP contribution in [0.4, 0.5) is 5.82 Å². The Bertz CT molecular complexity index is 1170. The zero-order valence-electron chi connectivity index (χ0n) is 14.8. The zero-order chi connectivity index (χ0) is 20.4. The molecule has 6 nitrogen and oxygen atoms in total. The molecule has 0 radical (unpaired) electrons. The molecule has 0 aliphatic carbocycles. The van der Waals surface area contributed by atoms with E-state index < -0.39 is 5.91 Å². The van der Waals surface area contributed by atoms with E-state index in [2.05, 4.69) is 31.5 Å². The van der Waals surface area contributed by atoms with Gasteiger partial charge in [-0.1, -0.05) is 64.8 Å². The van der Waals surface area contributed by atoms with E-state index in [9.17, 15) is 4.79 Å². The lowest BCUT2D eigenvalue weighted by molar-refractivity contribution is 0.101. The number of nitrogens with zero attached hydrogens (tertiary/aromatic N) is 3. The van der Waals surface area contributed by atoms with Crippen molar-refractivity contribution in [3.8, 4) is 11.3 Å². The summed E-state index contributed by atoms with van der Waals surface area (Å²) in [5, 5.41) is 11.9. The largest absolute Gasteiger partial charge is 0.355 e. The smallest absolute Gasteiger partial charge is 0.279 e. The van der Waals surface area contributed by atoms with Gasteiger partial charge >= 0.3 is 0 Å². The molecule has 29 heavy (non-hydrogen) atoms. The maximum Gasteiger partial charge on any atom is 0.279 e. The van der Waals surface area contributed by atoms with E-state index in [-0.39, 0.29) is 5.69 Å². The van der Waals surface area contributed by atoms with Crippen molar-refractivity contribution in [1.29, 1.82) is 0 Å². The zero-order valence-corrected chi connectivity index (χ0v) is 17.9. The summed E-state index contributed by atoms with van der Waals surface area (Å²) in [7, 11) is 0. The SMILES string of the molecule is O=C(Nc1nn(Cc2ccc(Cl)c(Cl)c2)cc1Br)c1cc(-c2ccccc2)on1. The summed E-state index contributed by atoms with van der Waals surface area (Å²) in [4.78, 5) is 12.5. The molecule has 0 aliphatic rings. The fourth-order valence-electron chi connectivity index (χ4n) is 2.68. The van der Waals surface area contributed by atoms with Gasteiger partial charge in [-0.2, -0.15) is 5.10 Å². The molecule has 0 aliphatic heterocycles. The number of carbonyl (C=O) groups excluding carboxylic acids is 1. The second kappa shape index (κ2) is 8.41. The second-order valence-corrected chi connectivity index (χ2v) is 7.84. The highest BCUT2D eigenvalue weighted by molar-refractivity contribution is 9.10. The van der Waals surface area contributed by atoms with E-state index in [0.29, 0.717) is 32.6 Å². The van der Waals surface area contributed by atoms with Crippen molar-refractivity contribution in [3.05, 3.63) is 86.6 Å². The van der Waals surface area contributed by atoms with Gasteiger partial charge in [0.15, 0.2) is 17.3 Å². The number of hydrogen-bond donors (Lipinski definition) is 1. The van der Waals surface area contributed by atoms with E-state index >= 15 is 0 Å². The van der Waals surface area contributed by atoms with E-state index in [1.54, 1.807) is 29.1 Å². The number of benzene rings is 2. The molecule has 1 N–H and O–H groups in total. The van der Waals surface area contributed by atoms with Gasteiger partial charge in [-0.15, -0.1) is 0 Å². The number of amides is 1. The van der Waals surface area contributed by atoms with Crippen LogP contribution < -0.4 is 5.32 Å². The molecule has 0 spiro atoms. The molecule has 2 heterocycles. The average molecular weight is 492 g/mol. The number of hydrogen-bond acceptors (Lipinski definition) is 4. The summed E-state index contributed by atoms with van der Waals surface area (Å²) in [5.41, 5.74) is 1.93. The summed E-state index contributed by atoms with van der Waals surface area (Å²) in [6, 6.07) is 16.4. The normalized spacial score (nSPS) is 10.9. The predicted molar refractivity (Wildman–Crippen MR) is 115 cm³/mol. The van der Waals surface area contributed by atoms with Crippen molar-refractivity contribution in [2.75, 3.05) is 5.32 Å². The lowest BCUT2D eigenvalue weighted by atomic mass is 10.1. The number of halogens is 3. The number of anilines is 1. The lowest BCUT2D eigenvalue weighted by Gasteiger charge is -2.04. The maximum atomic E-state index is 12.5. The molecule has 0 unspecified atom stereocenters. The van der Waals surface area contributed by atoms with Crippen LogP contribution in [0.3, 0.4) is 0 Å². The second-order valence-electron chi connectivity index (χ2n) is 6.17. The molecule has 0 saturated carbocycles. The topological polar surface area (TPSA) is 73.0 Å². The molecular formula is C20H13BrCl2N4O2. The van der Waals surface area contributed by atoms with Crippen LogP contribution in [0.1, 0.15) is 16.1 Å². The highest BCUT2D eigenvalue weighted by Gasteiger charge is 2.17. The van der Waals surface area contributed by atoms with Gasteiger partial charge in [0.25, 0.3) is 5.91 Å². The third-order valence-electron chi connectivity index (χ3n) is 4.08. The third kappa shape index (κ3) is 4.53. The van der Waals surface area contributed by atoms with Gasteiger partial charge in [0.1, 0.15) is 0 Å². The first-order valence-corrected chi connectivity index (χ1v) is 10.0. The first-order valence-electron chi connectivity index (χ1n) is 8.50. The molecule has 4 rings (SSSR count). The Balaban J connectivity index is 1.48. The van der Waals surface area contributed by atoms with Gasteiger partial charge in [0.2, 0.25) is 0 Å². The molecule has 9 heteroatoms. The van der Waals surface area contributed by atoms with Gasteiger partial charge in [0, 0.05) is 17.8 Å². The van der Waals surface area contributed by atoms with Gasteiger partial charge in [0.05, 0.1) is 21.1 Å². The Morgan fingerprint density at radius 2 is 1.90 bits per heavy atom. The lowest BCUT2D eigenvalue weighted by Crippen LogP contribution is -2.13. The Labute approximate surface area is 184 Å². The third-order valence-corrected chi connectivity index (χ3v) is 5.40. The first-order chi connectivity index (χ1) is 14.0. The Hall–Kier alpha value is -2.61. The highest BCUT2D eigenvalue weighted by atomic mass is 79.9. The monoisotopic (exact) mass is 490 g/mol. The van der Waals surface area contributed by atoms with Crippen LogP contribution in [-0.2, 0) is 6.54 Å². The van der Waals surface area contributed by atoms with Crippen LogP contribution in [0.2, 0.25) is 10.0 Å². The number of aromatic nitrogens is 3. The van der Waals surface area contributed by atoms with Crippen LogP contribution in [0.5, 0.6) is 0 Å². The minimum absolute atomic E-state index is 0.162. The van der Waals surface area contributed by atoms with Crippen LogP contribution in [-0.4, -0.2) is 20.8 Å². The molecule has 146 valence electrons. The minimum atomic E-state index is -0.420. The molecule has 0 bridgehead atoms. The van der Waals surface area contributed by atoms with Crippen LogP contribution in [0.15, 0.2) is 69.8 Å². The molecule has 1 amide bonds. The quantitative estimate of drug-likeness (QED) is 0.376. The van der Waals surface area contributed by atoms with Crippen LogP contribution in [0.25, 0.3) is 11.3 Å². The van der Waals surface area contributed by atoms with Gasteiger partial charge in [-0.25, -0.2) is 0 Å². The summed E-state index contributed by atoms with van der Waals surface area (Å²) in [5.74, 6) is 0.468. The first kappa shape index (κ1) is 19.7. The number of carbonyl (C=O) groups is 1. The van der Waals surface area contributed by atoms with Crippen molar-refractivity contribution in [3.63, 3.8) is 0 Å². The Morgan fingerprint density at radius 1 is 1.10 bits per heavy atom. The highest BCUT2D eigenvalue weighted by Crippen LogP contribution is 2.25. The van der Waals surface area contributed by atoms with E-state index in [4.69, 9.17) is 27.7 Å². The molecule has 2 aromatic carbocycles. The number of nitrogens with one attached hydrogen (secondary N) is 1. The molecular weight excluding hydrogens is 479 g/mol. The van der Waals surface area contributed by atoms with Gasteiger partial charge < -0.3 is 9.84 Å². The van der Waals surface area contributed by atoms with Gasteiger partial charge in [-0.3, -0.25) is 9.48 Å². The van der Waals surface area contributed by atoms with Crippen molar-refractivity contribution < 1.29 is 9.32 Å². The number of rotatable bonds is 5. The molecule has 0 fully saturated rings. The standard InChI is InChI=1S/C20H13BrCl2N4O2/c21-14-11-27(10-12-6-7-15(22)16(23)8-12)25-19(14)24-20(28)17-9-18(29-26-17)13-4-2-1-3-5-13/h1-9,11H,10H2,(H,24,25,28). The molecule has 2 aromatic heterocycles. The molecule has 4 aromatic rings. The minimum Gasteiger partial charge on any atom is -0.355 e. The van der Waals surface area contributed by atoms with E-state index in [1.165, 1.54) is 0 Å². The van der Waals surface area contributed by atoms with Crippen LogP contribution >= 0.6 is 39.1 Å². The Kier molecular flexibility index (Phi) is 5.71. The van der Waals surface area contributed by atoms with Crippen LogP contribution in [0, 0.1) is 0 Å². The van der Waals surface area contributed by atoms with E-state index in [1.807, 2.05) is 36.4 Å². The fraction of sp³-hybridized carbons (Fsp3) is 0.0500. The van der Waals surface area contributed by atoms with Crippen molar-refractivity contribution in [1.82, 2.24) is 14.9 Å². The average Bonchev–Trinajstić information content (AvgIpc) is 3.33. The maximum absolute atomic E-state index is 12.5. The summed E-state index contributed by atoms with van der Waals surface area (Å²) >= 11 is 15.4. The Morgan fingerprint density at radius 3 is 2.66 bits per heavy atom. The fourth-order valence-corrected chi connectivity index (χ4v) is 3.42. The van der Waals surface area contributed by atoms with E-state index in [0.717, 1.165) is 11.1 Å². The summed E-state index contributed by atoms with van der Waals surface area (Å²) in [6.07, 6.45) is 1.76. The van der Waals surface area contributed by atoms with Gasteiger partial charge in [-0.05, 0) is 33.6 Å². The summed E-state index contributed by atoms with van der Waals surface area (Å²) in [6.45, 7) is 0.466. The van der Waals surface area contributed by atoms with Crippen molar-refractivity contribution >= 4 is 50.9 Å². The van der Waals surface area contributed by atoms with Crippen molar-refractivity contribution in [2.24, 2.45) is 0 Å². The summed E-state index contributed by atoms with van der Waals surface area (Å²) < 4.78 is 7.59. The predicted octanol–water partition coefficient (Wildman–Crippen LogP) is 5.91. The van der Waals surface area contributed by atoms with Crippen molar-refractivity contribution in [2.45, 2.75) is 6.54 Å². The molecule has 0 saturated heterocycles. The molecule has 0 atom stereocenters.